The molecule has 1 aliphatic heterocycles. The standard InChI is InChI=1S/C19H14N4O4/c24-19(22-12-3-4-16-17(10-12)27-9-8-26-16)13-11-21-23-14(5-6-20-18(13)23)15-2-1-7-25-15/h1-7,10-11H,8-9H2,(H,22,24). The Morgan fingerprint density at radius 1 is 1.11 bits per heavy atom. The SMILES string of the molecule is O=C(Nc1ccc2c(c1)OCCO2)c1cnn2c(-c3ccco3)ccnc12. The predicted molar refractivity (Wildman–Crippen MR) is 96.1 cm³/mol. The van der Waals surface area contributed by atoms with Crippen molar-refractivity contribution in [2.75, 3.05) is 18.5 Å². The van der Waals surface area contributed by atoms with Crippen LogP contribution < -0.4 is 14.8 Å². The van der Waals surface area contributed by atoms with Crippen molar-refractivity contribution in [3.05, 3.63) is 60.6 Å². The van der Waals surface area contributed by atoms with Gasteiger partial charge in [0.1, 0.15) is 24.5 Å². The largest absolute Gasteiger partial charge is 0.486 e. The maximum absolute atomic E-state index is 12.8. The molecule has 1 aromatic carbocycles. The molecular formula is C19H14N4O4. The molecule has 0 unspecified atom stereocenters. The number of nitrogens with one attached hydrogen (secondary N) is 1. The lowest BCUT2D eigenvalue weighted by molar-refractivity contribution is 0.102. The highest BCUT2D eigenvalue weighted by atomic mass is 16.6. The Balaban J connectivity index is 1.47. The number of anilines is 1. The highest BCUT2D eigenvalue weighted by molar-refractivity contribution is 6.08. The molecule has 0 saturated carbocycles. The number of benzene rings is 1. The lowest BCUT2D eigenvalue weighted by atomic mass is 10.2. The molecule has 0 atom stereocenters. The summed E-state index contributed by atoms with van der Waals surface area (Å²) in [5.74, 6) is 1.60. The molecule has 0 aliphatic carbocycles. The summed E-state index contributed by atoms with van der Waals surface area (Å²) in [5, 5.41) is 7.15. The molecule has 27 heavy (non-hydrogen) atoms. The Morgan fingerprint density at radius 3 is 2.85 bits per heavy atom. The van der Waals surface area contributed by atoms with Crippen LogP contribution in [0.3, 0.4) is 0 Å². The van der Waals surface area contributed by atoms with Gasteiger partial charge in [-0.25, -0.2) is 9.50 Å². The number of carbonyl (C=O) groups is 1. The summed E-state index contributed by atoms with van der Waals surface area (Å²) in [6.45, 7) is 1.00. The van der Waals surface area contributed by atoms with Crippen LogP contribution in [0.5, 0.6) is 11.5 Å². The van der Waals surface area contributed by atoms with Crippen molar-refractivity contribution in [2.45, 2.75) is 0 Å². The van der Waals surface area contributed by atoms with Gasteiger partial charge < -0.3 is 19.2 Å². The first-order chi connectivity index (χ1) is 13.3. The van der Waals surface area contributed by atoms with Crippen LogP contribution in [0.2, 0.25) is 0 Å². The van der Waals surface area contributed by atoms with Crippen LogP contribution in [0.4, 0.5) is 5.69 Å². The van der Waals surface area contributed by atoms with Crippen LogP contribution in [-0.4, -0.2) is 33.7 Å². The van der Waals surface area contributed by atoms with E-state index in [4.69, 9.17) is 13.9 Å². The molecule has 4 aromatic rings. The van der Waals surface area contributed by atoms with Gasteiger partial charge >= 0.3 is 0 Å². The number of hydrogen-bond acceptors (Lipinski definition) is 6. The highest BCUT2D eigenvalue weighted by Crippen LogP contribution is 2.32. The van der Waals surface area contributed by atoms with E-state index in [2.05, 4.69) is 15.4 Å². The van der Waals surface area contributed by atoms with E-state index in [1.54, 1.807) is 47.3 Å². The number of carbonyl (C=O) groups excluding carboxylic acids is 1. The van der Waals surface area contributed by atoms with Crippen LogP contribution in [0.25, 0.3) is 17.1 Å². The van der Waals surface area contributed by atoms with Gasteiger partial charge in [0.05, 0.1) is 12.5 Å². The second-order valence-electron chi connectivity index (χ2n) is 5.91. The van der Waals surface area contributed by atoms with Crippen molar-refractivity contribution >= 4 is 17.2 Å². The molecule has 0 bridgehead atoms. The monoisotopic (exact) mass is 362 g/mol. The first-order valence-corrected chi connectivity index (χ1v) is 8.37. The minimum Gasteiger partial charge on any atom is -0.486 e. The second kappa shape index (κ2) is 6.17. The Bertz CT molecular complexity index is 1130. The number of nitrogens with zero attached hydrogens (tertiary/aromatic N) is 3. The number of ether oxygens (including phenoxy) is 2. The molecule has 0 fully saturated rings. The number of hydrogen-bond donors (Lipinski definition) is 1. The fraction of sp³-hybridized carbons (Fsp3) is 0.105. The van der Waals surface area contributed by atoms with Gasteiger partial charge in [-0.05, 0) is 30.3 Å². The first kappa shape index (κ1) is 15.4. The smallest absolute Gasteiger partial charge is 0.261 e. The van der Waals surface area contributed by atoms with Gasteiger partial charge in [0, 0.05) is 18.0 Å². The molecule has 1 N–H and O–H groups in total. The third-order valence-electron chi connectivity index (χ3n) is 4.22. The van der Waals surface area contributed by atoms with Gasteiger partial charge in [0.25, 0.3) is 5.91 Å². The average Bonchev–Trinajstić information content (AvgIpc) is 3.37. The molecular weight excluding hydrogens is 348 g/mol. The summed E-state index contributed by atoms with van der Waals surface area (Å²) in [6, 6.07) is 10.7. The number of rotatable bonds is 3. The Hall–Kier alpha value is -3.81. The molecule has 1 aliphatic rings. The first-order valence-electron chi connectivity index (χ1n) is 8.37. The van der Waals surface area contributed by atoms with Crippen LogP contribution in [0.15, 0.2) is 59.5 Å². The van der Waals surface area contributed by atoms with Crippen molar-refractivity contribution in [3.63, 3.8) is 0 Å². The van der Waals surface area contributed by atoms with E-state index in [0.29, 0.717) is 53.1 Å². The molecule has 1 amide bonds. The topological polar surface area (TPSA) is 90.9 Å². The minimum atomic E-state index is -0.314. The summed E-state index contributed by atoms with van der Waals surface area (Å²) in [6.07, 6.45) is 4.69. The maximum Gasteiger partial charge on any atom is 0.261 e. The van der Waals surface area contributed by atoms with E-state index in [1.165, 1.54) is 6.20 Å². The molecule has 0 radical (unpaired) electrons. The van der Waals surface area contributed by atoms with Crippen molar-refractivity contribution in [1.82, 2.24) is 14.6 Å². The molecule has 8 nitrogen and oxygen atoms in total. The fourth-order valence-electron chi connectivity index (χ4n) is 2.98. The van der Waals surface area contributed by atoms with Gasteiger partial charge in [-0.3, -0.25) is 4.79 Å². The van der Waals surface area contributed by atoms with Gasteiger partial charge in [0.2, 0.25) is 0 Å². The van der Waals surface area contributed by atoms with Gasteiger partial charge in [-0.2, -0.15) is 5.10 Å². The molecule has 5 rings (SSSR count). The summed E-state index contributed by atoms with van der Waals surface area (Å²) in [5.41, 5.74) is 2.12. The number of furan rings is 1. The van der Waals surface area contributed by atoms with Crippen molar-refractivity contribution in [2.24, 2.45) is 0 Å². The molecule has 4 heterocycles. The van der Waals surface area contributed by atoms with Gasteiger partial charge in [-0.15, -0.1) is 0 Å². The summed E-state index contributed by atoms with van der Waals surface area (Å²) < 4.78 is 18.1. The van der Waals surface area contributed by atoms with Crippen LogP contribution >= 0.6 is 0 Å². The third-order valence-corrected chi connectivity index (χ3v) is 4.22. The lowest BCUT2D eigenvalue weighted by Gasteiger charge is -2.18. The van der Waals surface area contributed by atoms with Crippen molar-refractivity contribution in [1.29, 1.82) is 0 Å². The Morgan fingerprint density at radius 2 is 2.00 bits per heavy atom. The zero-order valence-electron chi connectivity index (χ0n) is 14.1. The number of aromatic nitrogens is 3. The van der Waals surface area contributed by atoms with E-state index in [9.17, 15) is 4.79 Å². The maximum atomic E-state index is 12.8. The number of amides is 1. The predicted octanol–water partition coefficient (Wildman–Crippen LogP) is 3.01. The van der Waals surface area contributed by atoms with Crippen LogP contribution in [0, 0.1) is 0 Å². The van der Waals surface area contributed by atoms with Gasteiger partial charge in [-0.1, -0.05) is 0 Å². The zero-order chi connectivity index (χ0) is 18.2. The molecule has 134 valence electrons. The van der Waals surface area contributed by atoms with Crippen LogP contribution in [-0.2, 0) is 0 Å². The minimum absolute atomic E-state index is 0.314. The lowest BCUT2D eigenvalue weighted by Crippen LogP contribution is -2.16. The van der Waals surface area contributed by atoms with E-state index in [-0.39, 0.29) is 5.91 Å². The molecule has 8 heteroatoms. The molecule has 0 saturated heterocycles. The Labute approximate surface area is 153 Å². The highest BCUT2D eigenvalue weighted by Gasteiger charge is 2.18. The van der Waals surface area contributed by atoms with E-state index in [1.807, 2.05) is 6.07 Å². The summed E-state index contributed by atoms with van der Waals surface area (Å²) in [4.78, 5) is 17.1. The van der Waals surface area contributed by atoms with Gasteiger partial charge in [0.15, 0.2) is 22.9 Å². The Kier molecular flexibility index (Phi) is 3.53. The summed E-state index contributed by atoms with van der Waals surface area (Å²) >= 11 is 0. The van der Waals surface area contributed by atoms with E-state index in [0.717, 1.165) is 0 Å². The quantitative estimate of drug-likeness (QED) is 0.602. The van der Waals surface area contributed by atoms with Crippen molar-refractivity contribution in [3.8, 4) is 23.0 Å². The van der Waals surface area contributed by atoms with Crippen LogP contribution in [0.1, 0.15) is 10.4 Å². The zero-order valence-corrected chi connectivity index (χ0v) is 14.1. The van der Waals surface area contributed by atoms with E-state index >= 15 is 0 Å². The third kappa shape index (κ3) is 2.67. The van der Waals surface area contributed by atoms with Crippen molar-refractivity contribution < 1.29 is 18.7 Å². The molecule has 0 spiro atoms. The summed E-state index contributed by atoms with van der Waals surface area (Å²) in [7, 11) is 0. The average molecular weight is 362 g/mol. The second-order valence-corrected chi connectivity index (χ2v) is 5.91. The van der Waals surface area contributed by atoms with E-state index < -0.39 is 0 Å². The normalized spacial score (nSPS) is 12.9. The number of fused-ring (bicyclic) bond motifs is 2. The fourth-order valence-corrected chi connectivity index (χ4v) is 2.98. The molecule has 3 aromatic heterocycles.